The molecule has 2 aromatic carbocycles. The van der Waals surface area contributed by atoms with Crippen molar-refractivity contribution in [3.05, 3.63) is 53.1 Å². The van der Waals surface area contributed by atoms with E-state index in [-0.39, 0.29) is 18.3 Å². The van der Waals surface area contributed by atoms with Crippen molar-refractivity contribution < 1.29 is 22.6 Å². The lowest BCUT2D eigenvalue weighted by molar-refractivity contribution is 0.117. The minimum Gasteiger partial charge on any atom is -0.454 e. The highest BCUT2D eigenvalue weighted by Gasteiger charge is 2.72. The quantitative estimate of drug-likeness (QED) is 0.711. The molecule has 0 radical (unpaired) electrons. The normalized spacial score (nSPS) is 25.3. The van der Waals surface area contributed by atoms with Gasteiger partial charge in [0.05, 0.1) is 22.8 Å². The molecule has 0 aromatic heterocycles. The maximum absolute atomic E-state index is 13.4. The Labute approximate surface area is 168 Å². The lowest BCUT2D eigenvalue weighted by Crippen LogP contribution is -2.19. The van der Waals surface area contributed by atoms with E-state index >= 15 is 0 Å². The first-order chi connectivity index (χ1) is 13.4. The van der Waals surface area contributed by atoms with Crippen LogP contribution in [0.15, 0.2) is 47.4 Å². The summed E-state index contributed by atoms with van der Waals surface area (Å²) in [6.45, 7) is 2.37. The SMILES string of the molecule is CCOCC1(C#N)C(c2ccc3c(c2)OCO3)C1S(=O)(=O)c1ccc(Cl)cc1. The number of ether oxygens (including phenoxy) is 3. The summed E-state index contributed by atoms with van der Waals surface area (Å²) < 4.78 is 43.0. The van der Waals surface area contributed by atoms with E-state index in [0.717, 1.165) is 0 Å². The summed E-state index contributed by atoms with van der Waals surface area (Å²) >= 11 is 5.89. The fourth-order valence-electron chi connectivity index (χ4n) is 3.82. The molecule has 0 spiro atoms. The number of halogens is 1. The average Bonchev–Trinajstić information content (AvgIpc) is 3.15. The standard InChI is InChI=1S/C20H18ClNO5S/c1-2-25-11-20(10-22)18(13-3-8-16-17(9-13)27-12-26-16)19(20)28(23,24)15-6-4-14(21)5-7-15/h3-9,18-19H,2,11-12H2,1H3. The van der Waals surface area contributed by atoms with E-state index in [1.54, 1.807) is 18.2 Å². The highest BCUT2D eigenvalue weighted by molar-refractivity contribution is 7.92. The van der Waals surface area contributed by atoms with Gasteiger partial charge in [-0.15, -0.1) is 0 Å². The van der Waals surface area contributed by atoms with Gasteiger partial charge in [-0.2, -0.15) is 5.26 Å². The van der Waals surface area contributed by atoms with Crippen LogP contribution < -0.4 is 9.47 Å². The summed E-state index contributed by atoms with van der Waals surface area (Å²) in [4.78, 5) is 0.140. The third-order valence-electron chi connectivity index (χ3n) is 5.24. The van der Waals surface area contributed by atoms with Crippen LogP contribution in [0.5, 0.6) is 11.5 Å². The van der Waals surface area contributed by atoms with Gasteiger partial charge in [-0.05, 0) is 48.9 Å². The van der Waals surface area contributed by atoms with E-state index in [1.165, 1.54) is 24.3 Å². The Kier molecular flexibility index (Phi) is 4.74. The van der Waals surface area contributed by atoms with E-state index in [9.17, 15) is 13.7 Å². The van der Waals surface area contributed by atoms with E-state index < -0.39 is 26.4 Å². The topological polar surface area (TPSA) is 85.6 Å². The number of fused-ring (bicyclic) bond motifs is 1. The third-order valence-corrected chi connectivity index (χ3v) is 7.78. The van der Waals surface area contributed by atoms with Crippen molar-refractivity contribution in [2.24, 2.45) is 5.41 Å². The Bertz CT molecular complexity index is 1050. The van der Waals surface area contributed by atoms with Crippen molar-refractivity contribution in [1.82, 2.24) is 0 Å². The van der Waals surface area contributed by atoms with E-state index in [0.29, 0.717) is 28.7 Å². The Hall–Kier alpha value is -2.27. The fraction of sp³-hybridized carbons (Fsp3) is 0.350. The summed E-state index contributed by atoms with van der Waals surface area (Å²) in [5.74, 6) is 0.628. The predicted molar refractivity (Wildman–Crippen MR) is 102 cm³/mol. The Morgan fingerprint density at radius 3 is 2.61 bits per heavy atom. The molecule has 8 heteroatoms. The van der Waals surface area contributed by atoms with E-state index in [4.69, 9.17) is 25.8 Å². The largest absolute Gasteiger partial charge is 0.454 e. The monoisotopic (exact) mass is 419 g/mol. The first-order valence-corrected chi connectivity index (χ1v) is 10.7. The van der Waals surface area contributed by atoms with Crippen LogP contribution in [0.2, 0.25) is 5.02 Å². The van der Waals surface area contributed by atoms with Gasteiger partial charge in [-0.1, -0.05) is 17.7 Å². The molecular weight excluding hydrogens is 402 g/mol. The molecule has 4 rings (SSSR count). The molecule has 3 unspecified atom stereocenters. The van der Waals surface area contributed by atoms with Gasteiger partial charge in [-0.3, -0.25) is 0 Å². The van der Waals surface area contributed by atoms with Crippen molar-refractivity contribution in [1.29, 1.82) is 5.26 Å². The van der Waals surface area contributed by atoms with Gasteiger partial charge >= 0.3 is 0 Å². The number of hydrogen-bond donors (Lipinski definition) is 0. The summed E-state index contributed by atoms with van der Waals surface area (Å²) in [6, 6.07) is 13.5. The number of benzene rings is 2. The van der Waals surface area contributed by atoms with Crippen molar-refractivity contribution in [2.45, 2.75) is 23.0 Å². The van der Waals surface area contributed by atoms with Crippen LogP contribution in [-0.2, 0) is 14.6 Å². The van der Waals surface area contributed by atoms with Crippen molar-refractivity contribution in [3.63, 3.8) is 0 Å². The van der Waals surface area contributed by atoms with Gasteiger partial charge in [0, 0.05) is 17.5 Å². The Morgan fingerprint density at radius 1 is 1.21 bits per heavy atom. The number of hydrogen-bond acceptors (Lipinski definition) is 6. The maximum atomic E-state index is 13.4. The van der Waals surface area contributed by atoms with Crippen molar-refractivity contribution in [3.8, 4) is 17.6 Å². The molecule has 0 saturated heterocycles. The van der Waals surface area contributed by atoms with Gasteiger partial charge in [0.25, 0.3) is 0 Å². The summed E-state index contributed by atoms with van der Waals surface area (Å²) in [7, 11) is -3.78. The van der Waals surface area contributed by atoms with Crippen molar-refractivity contribution in [2.75, 3.05) is 20.0 Å². The maximum Gasteiger partial charge on any atom is 0.231 e. The number of nitrogens with zero attached hydrogens (tertiary/aromatic N) is 1. The van der Waals surface area contributed by atoms with Crippen LogP contribution in [0.1, 0.15) is 18.4 Å². The highest BCUT2D eigenvalue weighted by atomic mass is 35.5. The molecule has 1 fully saturated rings. The zero-order valence-corrected chi connectivity index (χ0v) is 16.7. The fourth-order valence-corrected chi connectivity index (χ4v) is 6.25. The smallest absolute Gasteiger partial charge is 0.231 e. The van der Waals surface area contributed by atoms with Gasteiger partial charge in [-0.25, -0.2) is 8.42 Å². The second kappa shape index (κ2) is 6.96. The van der Waals surface area contributed by atoms with Gasteiger partial charge in [0.1, 0.15) is 5.41 Å². The molecule has 3 atom stereocenters. The number of rotatable bonds is 6. The first-order valence-electron chi connectivity index (χ1n) is 8.82. The molecule has 146 valence electrons. The molecule has 0 N–H and O–H groups in total. The summed E-state index contributed by atoms with van der Waals surface area (Å²) in [5.41, 5.74) is -0.449. The molecule has 2 aliphatic rings. The van der Waals surface area contributed by atoms with Gasteiger partial charge in [0.2, 0.25) is 6.79 Å². The van der Waals surface area contributed by atoms with Crippen LogP contribution in [0.4, 0.5) is 0 Å². The molecule has 1 heterocycles. The van der Waals surface area contributed by atoms with Crippen LogP contribution in [0.25, 0.3) is 0 Å². The minimum atomic E-state index is -3.78. The zero-order chi connectivity index (χ0) is 19.9. The summed E-state index contributed by atoms with van der Waals surface area (Å²) in [5, 5.41) is 9.49. The lowest BCUT2D eigenvalue weighted by atomic mass is 10.0. The second-order valence-corrected chi connectivity index (χ2v) is 9.30. The third kappa shape index (κ3) is 2.93. The molecule has 28 heavy (non-hydrogen) atoms. The number of sulfone groups is 1. The molecule has 1 aliphatic carbocycles. The molecule has 0 amide bonds. The van der Waals surface area contributed by atoms with Crippen LogP contribution in [-0.4, -0.2) is 33.7 Å². The van der Waals surface area contributed by atoms with Crippen molar-refractivity contribution >= 4 is 21.4 Å². The molecule has 0 bridgehead atoms. The van der Waals surface area contributed by atoms with Gasteiger partial charge < -0.3 is 14.2 Å². The molecule has 2 aromatic rings. The Morgan fingerprint density at radius 2 is 1.93 bits per heavy atom. The van der Waals surface area contributed by atoms with Crippen LogP contribution in [0.3, 0.4) is 0 Å². The molecular formula is C20H18ClNO5S. The molecule has 1 aliphatic heterocycles. The van der Waals surface area contributed by atoms with E-state index in [2.05, 4.69) is 6.07 Å². The van der Waals surface area contributed by atoms with Crippen LogP contribution >= 0.6 is 11.6 Å². The second-order valence-electron chi connectivity index (χ2n) is 6.80. The van der Waals surface area contributed by atoms with Gasteiger partial charge in [0.15, 0.2) is 21.3 Å². The highest BCUT2D eigenvalue weighted by Crippen LogP contribution is 2.64. The van der Waals surface area contributed by atoms with Crippen LogP contribution in [0, 0.1) is 16.7 Å². The predicted octanol–water partition coefficient (Wildman–Crippen LogP) is 3.55. The Balaban J connectivity index is 1.77. The first kappa shape index (κ1) is 19.1. The minimum absolute atomic E-state index is 0.0383. The van der Waals surface area contributed by atoms with E-state index in [1.807, 2.05) is 6.92 Å². The lowest BCUT2D eigenvalue weighted by Gasteiger charge is -2.10. The zero-order valence-electron chi connectivity index (χ0n) is 15.1. The molecule has 1 saturated carbocycles. The number of nitriles is 1. The summed E-state index contributed by atoms with van der Waals surface area (Å²) in [6.07, 6.45) is 0. The molecule has 6 nitrogen and oxygen atoms in total. The average molecular weight is 420 g/mol.